The second kappa shape index (κ2) is 5.99. The summed E-state index contributed by atoms with van der Waals surface area (Å²) < 4.78 is 0. The van der Waals surface area contributed by atoms with Crippen LogP contribution in [0, 0.1) is 5.92 Å². The molecule has 1 aliphatic rings. The van der Waals surface area contributed by atoms with E-state index in [1.807, 2.05) is 0 Å². The number of primary amides is 1. The molecule has 5 nitrogen and oxygen atoms in total. The number of amides is 1. The van der Waals surface area contributed by atoms with Crippen molar-refractivity contribution in [3.8, 4) is 0 Å². The highest BCUT2D eigenvalue weighted by atomic mass is 16.1. The van der Waals surface area contributed by atoms with Gasteiger partial charge in [-0.15, -0.1) is 0 Å². The maximum Gasteiger partial charge on any atom is 0.268 e. The molecule has 1 aromatic heterocycles. The van der Waals surface area contributed by atoms with Gasteiger partial charge in [-0.1, -0.05) is 13.8 Å². The van der Waals surface area contributed by atoms with Gasteiger partial charge in [0.25, 0.3) is 5.91 Å². The van der Waals surface area contributed by atoms with Gasteiger partial charge in [-0.3, -0.25) is 9.78 Å². The minimum atomic E-state index is -0.521. The molecule has 0 radical (unpaired) electrons. The number of hydrogen-bond donors (Lipinski definition) is 1. The van der Waals surface area contributed by atoms with E-state index in [-0.39, 0.29) is 5.69 Å². The Hall–Kier alpha value is -1.65. The molecule has 1 unspecified atom stereocenters. The van der Waals surface area contributed by atoms with Crippen LogP contribution in [0.15, 0.2) is 12.4 Å². The van der Waals surface area contributed by atoms with Crippen LogP contribution in [0.4, 0.5) is 5.82 Å². The average molecular weight is 262 g/mol. The lowest BCUT2D eigenvalue weighted by Gasteiger charge is -2.26. The lowest BCUT2D eigenvalue weighted by molar-refractivity contribution is 0.0995. The lowest BCUT2D eigenvalue weighted by Crippen LogP contribution is -2.31. The van der Waals surface area contributed by atoms with Gasteiger partial charge in [0.15, 0.2) is 0 Å². The van der Waals surface area contributed by atoms with E-state index >= 15 is 0 Å². The minimum absolute atomic E-state index is 0.243. The Morgan fingerprint density at radius 1 is 1.53 bits per heavy atom. The summed E-state index contributed by atoms with van der Waals surface area (Å²) in [6.45, 7) is 5.47. The number of aromatic nitrogens is 2. The van der Waals surface area contributed by atoms with Gasteiger partial charge in [0, 0.05) is 12.6 Å². The predicted octanol–water partition coefficient (Wildman–Crippen LogP) is 1.98. The van der Waals surface area contributed by atoms with Crippen molar-refractivity contribution in [3.63, 3.8) is 0 Å². The highest BCUT2D eigenvalue weighted by molar-refractivity contribution is 5.90. The maximum atomic E-state index is 11.2. The Balaban J connectivity index is 2.11. The van der Waals surface area contributed by atoms with E-state index in [4.69, 9.17) is 5.73 Å². The first kappa shape index (κ1) is 13.8. The van der Waals surface area contributed by atoms with Crippen molar-refractivity contribution in [2.45, 2.75) is 45.6 Å². The molecule has 0 saturated carbocycles. The van der Waals surface area contributed by atoms with Gasteiger partial charge >= 0.3 is 0 Å². The fourth-order valence-electron chi connectivity index (χ4n) is 2.58. The van der Waals surface area contributed by atoms with E-state index in [2.05, 4.69) is 28.7 Å². The Morgan fingerprint density at radius 2 is 2.32 bits per heavy atom. The van der Waals surface area contributed by atoms with Gasteiger partial charge in [-0.25, -0.2) is 4.98 Å². The Morgan fingerprint density at radius 3 is 3.00 bits per heavy atom. The largest absolute Gasteiger partial charge is 0.364 e. The van der Waals surface area contributed by atoms with Crippen molar-refractivity contribution < 1.29 is 4.79 Å². The Bertz CT molecular complexity index is 447. The Kier molecular flexibility index (Phi) is 4.35. The molecule has 104 valence electrons. The molecule has 5 heteroatoms. The van der Waals surface area contributed by atoms with Crippen molar-refractivity contribution in [3.05, 3.63) is 18.1 Å². The summed E-state index contributed by atoms with van der Waals surface area (Å²) in [7, 11) is 0. The van der Waals surface area contributed by atoms with Crippen LogP contribution in [0.25, 0.3) is 0 Å². The highest BCUT2D eigenvalue weighted by Crippen LogP contribution is 2.27. The zero-order chi connectivity index (χ0) is 13.8. The van der Waals surface area contributed by atoms with Gasteiger partial charge in [0.2, 0.25) is 0 Å². The predicted molar refractivity (Wildman–Crippen MR) is 75.0 cm³/mol. The van der Waals surface area contributed by atoms with E-state index < -0.39 is 5.91 Å². The van der Waals surface area contributed by atoms with Crippen molar-refractivity contribution in [2.24, 2.45) is 11.7 Å². The molecule has 1 fully saturated rings. The van der Waals surface area contributed by atoms with Gasteiger partial charge in [0.05, 0.1) is 12.4 Å². The third kappa shape index (κ3) is 3.43. The fraction of sp³-hybridized carbons (Fsp3) is 0.643. The summed E-state index contributed by atoms with van der Waals surface area (Å²) in [5.74, 6) is 0.973. The first-order valence-electron chi connectivity index (χ1n) is 6.96. The number of carbonyl (C=O) groups is 1. The normalized spacial score (nSPS) is 19.1. The quantitative estimate of drug-likeness (QED) is 0.880. The fourth-order valence-corrected chi connectivity index (χ4v) is 2.58. The van der Waals surface area contributed by atoms with Crippen LogP contribution in [-0.2, 0) is 0 Å². The van der Waals surface area contributed by atoms with Crippen LogP contribution in [0.1, 0.15) is 50.0 Å². The molecular formula is C14H22N4O. The van der Waals surface area contributed by atoms with E-state index in [1.54, 1.807) is 6.20 Å². The third-order valence-electron chi connectivity index (χ3n) is 3.62. The van der Waals surface area contributed by atoms with Crippen LogP contribution < -0.4 is 10.6 Å². The Labute approximate surface area is 114 Å². The average Bonchev–Trinajstić information content (AvgIpc) is 2.84. The maximum absolute atomic E-state index is 11.2. The summed E-state index contributed by atoms with van der Waals surface area (Å²) in [6.07, 6.45) is 7.88. The molecule has 1 amide bonds. The molecule has 19 heavy (non-hydrogen) atoms. The standard InChI is InChI=1S/C14H22N4O/c1-10(2)5-6-11-4-3-7-18(11)13-9-16-8-12(17-13)14(15)19/h8-11H,3-7H2,1-2H3,(H2,15,19). The molecule has 2 N–H and O–H groups in total. The van der Waals surface area contributed by atoms with Crippen molar-refractivity contribution in [1.82, 2.24) is 9.97 Å². The number of hydrogen-bond acceptors (Lipinski definition) is 4. The first-order valence-corrected chi connectivity index (χ1v) is 6.96. The third-order valence-corrected chi connectivity index (χ3v) is 3.62. The van der Waals surface area contributed by atoms with Crippen molar-refractivity contribution in [1.29, 1.82) is 0 Å². The van der Waals surface area contributed by atoms with E-state index in [0.717, 1.165) is 12.4 Å². The highest BCUT2D eigenvalue weighted by Gasteiger charge is 2.26. The molecule has 0 aromatic carbocycles. The van der Waals surface area contributed by atoms with E-state index in [0.29, 0.717) is 12.0 Å². The smallest absolute Gasteiger partial charge is 0.268 e. The summed E-state index contributed by atoms with van der Waals surface area (Å²) in [6, 6.07) is 0.514. The van der Waals surface area contributed by atoms with E-state index in [9.17, 15) is 4.79 Å². The number of nitrogens with zero attached hydrogens (tertiary/aromatic N) is 3. The second-order valence-electron chi connectivity index (χ2n) is 5.59. The van der Waals surface area contributed by atoms with Crippen LogP contribution in [0.3, 0.4) is 0 Å². The van der Waals surface area contributed by atoms with Crippen LogP contribution in [-0.4, -0.2) is 28.5 Å². The summed E-state index contributed by atoms with van der Waals surface area (Å²) in [5, 5.41) is 0. The second-order valence-corrected chi connectivity index (χ2v) is 5.59. The molecule has 1 aromatic rings. The van der Waals surface area contributed by atoms with E-state index in [1.165, 1.54) is 31.9 Å². The zero-order valence-corrected chi connectivity index (χ0v) is 11.7. The number of rotatable bonds is 5. The molecule has 0 bridgehead atoms. The monoisotopic (exact) mass is 262 g/mol. The topological polar surface area (TPSA) is 72.1 Å². The number of carbonyl (C=O) groups excluding carboxylic acids is 1. The molecule has 1 saturated heterocycles. The summed E-state index contributed by atoms with van der Waals surface area (Å²) in [5.41, 5.74) is 5.50. The SMILES string of the molecule is CC(C)CCC1CCCN1c1cncc(C(N)=O)n1. The number of anilines is 1. The molecule has 0 aliphatic carbocycles. The first-order chi connectivity index (χ1) is 9.08. The molecule has 1 aliphatic heterocycles. The lowest BCUT2D eigenvalue weighted by atomic mass is 10.0. The summed E-state index contributed by atoms with van der Waals surface area (Å²) in [4.78, 5) is 21.8. The molecule has 0 spiro atoms. The van der Waals surface area contributed by atoms with Gasteiger partial charge < -0.3 is 10.6 Å². The molecule has 2 rings (SSSR count). The van der Waals surface area contributed by atoms with Crippen molar-refractivity contribution in [2.75, 3.05) is 11.4 Å². The van der Waals surface area contributed by atoms with Gasteiger partial charge in [0.1, 0.15) is 11.5 Å². The molecule has 2 heterocycles. The molecular weight excluding hydrogens is 240 g/mol. The zero-order valence-electron chi connectivity index (χ0n) is 11.7. The number of nitrogens with two attached hydrogens (primary N) is 1. The molecule has 1 atom stereocenters. The van der Waals surface area contributed by atoms with Crippen LogP contribution in [0.2, 0.25) is 0 Å². The van der Waals surface area contributed by atoms with Crippen LogP contribution in [0.5, 0.6) is 0 Å². The van der Waals surface area contributed by atoms with Crippen LogP contribution >= 0.6 is 0 Å². The van der Waals surface area contributed by atoms with Gasteiger partial charge in [-0.05, 0) is 31.6 Å². The minimum Gasteiger partial charge on any atom is -0.364 e. The van der Waals surface area contributed by atoms with Crippen molar-refractivity contribution >= 4 is 11.7 Å². The van der Waals surface area contributed by atoms with Gasteiger partial charge in [-0.2, -0.15) is 0 Å². The summed E-state index contributed by atoms with van der Waals surface area (Å²) >= 11 is 0.